The molecule has 0 saturated heterocycles. The lowest BCUT2D eigenvalue weighted by Crippen LogP contribution is -2.02. The predicted octanol–water partition coefficient (Wildman–Crippen LogP) is 6.65. The van der Waals surface area contributed by atoms with Crippen molar-refractivity contribution in [2.24, 2.45) is 0 Å². The summed E-state index contributed by atoms with van der Waals surface area (Å²) < 4.78 is 35.0. The average Bonchev–Trinajstić information content (AvgIpc) is 3.34. The fourth-order valence-electron chi connectivity index (χ4n) is 4.98. The third kappa shape index (κ3) is 6.36. The Morgan fingerprint density at radius 3 is 2.58 bits per heavy atom. The summed E-state index contributed by atoms with van der Waals surface area (Å²) in [5.41, 5.74) is 6.60. The number of ether oxygens (including phenoxy) is 3. The molecular formula is C32H33NO6S. The van der Waals surface area contributed by atoms with Gasteiger partial charge in [-0.3, -0.25) is 4.18 Å². The van der Waals surface area contributed by atoms with Crippen molar-refractivity contribution in [3.05, 3.63) is 95.2 Å². The first kappa shape index (κ1) is 27.8. The van der Waals surface area contributed by atoms with Gasteiger partial charge in [0.25, 0.3) is 0 Å². The summed E-state index contributed by atoms with van der Waals surface area (Å²) in [6.45, 7) is 7.47. The number of nitrogens with zero attached hydrogens (tertiary/aromatic N) is 1. The highest BCUT2D eigenvalue weighted by Gasteiger charge is 2.24. The first-order chi connectivity index (χ1) is 19.4. The van der Waals surface area contributed by atoms with Crippen LogP contribution in [0.5, 0.6) is 23.1 Å². The molecule has 40 heavy (non-hydrogen) atoms. The summed E-state index contributed by atoms with van der Waals surface area (Å²) in [5.74, 6) is 2.94. The Labute approximate surface area is 237 Å². The second-order valence-corrected chi connectivity index (χ2v) is 10.9. The van der Waals surface area contributed by atoms with Crippen LogP contribution < -0.4 is 14.2 Å². The summed E-state index contributed by atoms with van der Waals surface area (Å²) in [6.07, 6.45) is 2.21. The Balaban J connectivity index is 1.27. The summed E-state index contributed by atoms with van der Waals surface area (Å²) in [6, 6.07) is 21.7. The molecule has 5 rings (SSSR count). The first-order valence-corrected chi connectivity index (χ1v) is 14.4. The van der Waals surface area contributed by atoms with Crippen LogP contribution in [0.1, 0.15) is 41.5 Å². The first-order valence-electron chi connectivity index (χ1n) is 13.3. The zero-order valence-corrected chi connectivity index (χ0v) is 23.7. The number of pyridine rings is 1. The Morgan fingerprint density at radius 2 is 1.85 bits per heavy atom. The maximum Gasteiger partial charge on any atom is 0.219 e. The molecule has 0 fully saturated rings. The van der Waals surface area contributed by atoms with Gasteiger partial charge in [-0.1, -0.05) is 24.3 Å². The van der Waals surface area contributed by atoms with E-state index in [9.17, 15) is 9.32 Å². The molecule has 0 radical (unpaired) electrons. The highest BCUT2D eigenvalue weighted by Crippen LogP contribution is 2.38. The van der Waals surface area contributed by atoms with E-state index in [4.69, 9.17) is 18.4 Å². The van der Waals surface area contributed by atoms with Crippen LogP contribution in [0.15, 0.2) is 77.8 Å². The molecule has 7 nitrogen and oxygen atoms in total. The highest BCUT2D eigenvalue weighted by molar-refractivity contribution is 7.80. The smallest absolute Gasteiger partial charge is 0.219 e. The van der Waals surface area contributed by atoms with Crippen molar-refractivity contribution in [3.8, 4) is 34.3 Å². The molecular weight excluding hydrogens is 526 g/mol. The zero-order valence-electron chi connectivity index (χ0n) is 22.9. The van der Waals surface area contributed by atoms with Gasteiger partial charge >= 0.3 is 0 Å². The van der Waals surface area contributed by atoms with E-state index in [1.165, 1.54) is 6.20 Å². The van der Waals surface area contributed by atoms with E-state index in [0.29, 0.717) is 42.8 Å². The van der Waals surface area contributed by atoms with E-state index < -0.39 is 11.1 Å². The molecule has 0 saturated carbocycles. The van der Waals surface area contributed by atoms with Crippen molar-refractivity contribution in [1.82, 2.24) is 4.98 Å². The van der Waals surface area contributed by atoms with Crippen LogP contribution in [0.2, 0.25) is 0 Å². The molecule has 1 aromatic heterocycles. The van der Waals surface area contributed by atoms with E-state index in [-0.39, 0.29) is 12.5 Å². The molecule has 2 atom stereocenters. The summed E-state index contributed by atoms with van der Waals surface area (Å²) >= 11 is -1.53. The monoisotopic (exact) mass is 559 g/mol. The standard InChI is InChI=1S/C32H33NO6S/c1-4-38-40(35)28-9-11-31(33-18-28)39-27-14-21(2)32(22(3)15-27)24-7-5-6-23(16-24)19-36-26-8-10-29-25(12-13-34)20-37-30(29)17-26/h5-11,14-18,25,34H,4,12-13,19-20H2,1-3H3. The number of aryl methyl sites for hydroxylation is 2. The van der Waals surface area contributed by atoms with E-state index in [1.54, 1.807) is 19.1 Å². The van der Waals surface area contributed by atoms with Gasteiger partial charge in [0.2, 0.25) is 5.88 Å². The number of fused-ring (bicyclic) bond motifs is 1. The van der Waals surface area contributed by atoms with Crippen molar-refractivity contribution in [1.29, 1.82) is 0 Å². The number of aliphatic hydroxyl groups excluding tert-OH is 1. The molecule has 0 bridgehead atoms. The lowest BCUT2D eigenvalue weighted by atomic mass is 9.94. The van der Waals surface area contributed by atoms with Gasteiger partial charge in [0.05, 0.1) is 18.1 Å². The van der Waals surface area contributed by atoms with E-state index >= 15 is 0 Å². The lowest BCUT2D eigenvalue weighted by Gasteiger charge is -2.15. The average molecular weight is 560 g/mol. The molecule has 1 N–H and O–H groups in total. The Hall–Kier alpha value is -3.72. The Morgan fingerprint density at radius 1 is 1.02 bits per heavy atom. The van der Waals surface area contributed by atoms with Crippen molar-refractivity contribution < 1.29 is 27.7 Å². The molecule has 8 heteroatoms. The molecule has 3 aromatic carbocycles. The summed E-state index contributed by atoms with van der Waals surface area (Å²) in [4.78, 5) is 4.78. The SMILES string of the molecule is CCOS(=O)c1ccc(Oc2cc(C)c(-c3cccc(COc4ccc5c(c4)OCC5CCO)c3)c(C)c2)nc1. The molecule has 4 aromatic rings. The molecule has 0 aliphatic carbocycles. The third-order valence-electron chi connectivity index (χ3n) is 6.82. The van der Waals surface area contributed by atoms with Gasteiger partial charge in [0, 0.05) is 36.4 Å². The van der Waals surface area contributed by atoms with Crippen LogP contribution in [0, 0.1) is 13.8 Å². The van der Waals surface area contributed by atoms with Gasteiger partial charge < -0.3 is 19.3 Å². The number of hydrogen-bond acceptors (Lipinski definition) is 7. The maximum atomic E-state index is 12.0. The minimum Gasteiger partial charge on any atom is -0.493 e. The van der Waals surface area contributed by atoms with Crippen LogP contribution in [-0.2, 0) is 21.9 Å². The summed E-state index contributed by atoms with van der Waals surface area (Å²) in [7, 11) is 0. The fraction of sp³-hybridized carbons (Fsp3) is 0.281. The molecule has 0 spiro atoms. The molecule has 2 heterocycles. The normalized spacial score (nSPS) is 14.8. The molecule has 208 valence electrons. The number of aromatic nitrogens is 1. The Bertz CT molecular complexity index is 1480. The highest BCUT2D eigenvalue weighted by atomic mass is 32.2. The molecule has 1 aliphatic rings. The summed E-state index contributed by atoms with van der Waals surface area (Å²) in [5, 5.41) is 9.27. The van der Waals surface area contributed by atoms with Gasteiger partial charge in [0.1, 0.15) is 23.9 Å². The van der Waals surface area contributed by atoms with Crippen molar-refractivity contribution >= 4 is 11.1 Å². The topological polar surface area (TPSA) is 87.1 Å². The minimum absolute atomic E-state index is 0.154. The number of rotatable bonds is 11. The number of aliphatic hydroxyl groups is 1. The van der Waals surface area contributed by atoms with Crippen molar-refractivity contribution in [2.45, 2.75) is 44.6 Å². The quantitative estimate of drug-likeness (QED) is 0.220. The second kappa shape index (κ2) is 12.6. The molecule has 2 unspecified atom stereocenters. The maximum absolute atomic E-state index is 12.0. The van der Waals surface area contributed by atoms with Gasteiger partial charge in [-0.2, -0.15) is 0 Å². The zero-order chi connectivity index (χ0) is 28.1. The molecule has 1 aliphatic heterocycles. The van der Waals surface area contributed by atoms with Crippen LogP contribution in [0.25, 0.3) is 11.1 Å². The van der Waals surface area contributed by atoms with E-state index in [2.05, 4.69) is 37.0 Å². The van der Waals surface area contributed by atoms with Gasteiger partial charge in [0.15, 0.2) is 11.1 Å². The van der Waals surface area contributed by atoms with Gasteiger partial charge in [-0.15, -0.1) is 0 Å². The van der Waals surface area contributed by atoms with Crippen molar-refractivity contribution in [2.75, 3.05) is 19.8 Å². The Kier molecular flexibility index (Phi) is 8.79. The van der Waals surface area contributed by atoms with Crippen LogP contribution in [0.3, 0.4) is 0 Å². The second-order valence-electron chi connectivity index (χ2n) is 9.72. The van der Waals surface area contributed by atoms with E-state index in [1.807, 2.05) is 36.4 Å². The molecule has 0 amide bonds. The van der Waals surface area contributed by atoms with Crippen LogP contribution in [-0.4, -0.2) is 34.1 Å². The van der Waals surface area contributed by atoms with Gasteiger partial charge in [-0.05, 0) is 85.3 Å². The van der Waals surface area contributed by atoms with E-state index in [0.717, 1.165) is 44.9 Å². The fourth-order valence-corrected chi connectivity index (χ4v) is 5.65. The van der Waals surface area contributed by atoms with Crippen molar-refractivity contribution in [3.63, 3.8) is 0 Å². The van der Waals surface area contributed by atoms with Crippen LogP contribution >= 0.6 is 0 Å². The third-order valence-corrected chi connectivity index (χ3v) is 7.89. The lowest BCUT2D eigenvalue weighted by molar-refractivity contribution is 0.254. The predicted molar refractivity (Wildman–Crippen MR) is 154 cm³/mol. The number of hydrogen-bond donors (Lipinski definition) is 1. The van der Waals surface area contributed by atoms with Gasteiger partial charge in [-0.25, -0.2) is 9.19 Å². The minimum atomic E-state index is -1.53. The largest absolute Gasteiger partial charge is 0.493 e. The van der Waals surface area contributed by atoms with Crippen LogP contribution in [0.4, 0.5) is 0 Å². The number of benzene rings is 3.